The van der Waals surface area contributed by atoms with Gasteiger partial charge in [0, 0.05) is 30.3 Å². The first-order valence-corrected chi connectivity index (χ1v) is 13.0. The normalized spacial score (nSPS) is 51.1. The van der Waals surface area contributed by atoms with Gasteiger partial charge in [-0.15, -0.1) is 0 Å². The van der Waals surface area contributed by atoms with E-state index in [1.807, 2.05) is 26.8 Å². The Morgan fingerprint density at radius 1 is 1.09 bits per heavy atom. The molecule has 0 saturated carbocycles. The molecule has 0 aromatic heterocycles. The summed E-state index contributed by atoms with van der Waals surface area (Å²) >= 11 is 0. The summed E-state index contributed by atoms with van der Waals surface area (Å²) in [5.41, 5.74) is -0.0488. The summed E-state index contributed by atoms with van der Waals surface area (Å²) in [5.74, 6) is -2.34. The molecule has 3 fully saturated rings. The highest BCUT2D eigenvalue weighted by atomic mass is 16.7. The maximum Gasteiger partial charge on any atom is 0.334 e. The van der Waals surface area contributed by atoms with Gasteiger partial charge in [0.25, 0.3) is 0 Å². The number of esters is 1. The van der Waals surface area contributed by atoms with E-state index < -0.39 is 34.8 Å². The van der Waals surface area contributed by atoms with Gasteiger partial charge in [-0.05, 0) is 71.8 Å². The molecule has 2 N–H and O–H groups in total. The highest BCUT2D eigenvalue weighted by Gasteiger charge is 2.72. The molecular weight excluding hydrogens is 448 g/mol. The standard InChI is InChI=1S/C28H36O7/c1-15-14-22(33-23(30)16(15)2)26(4)20-11-13-28(32)19-9-8-17-6-5-7-21(29)25(17,3)18(19)10-12-27(20,35-28)24(31)34-26/h5,7-8,18-20,22,24,31-32H,6,9-14H2,1-4H3/t18-,19+,20+,22+,24-,25-,26+,27+,28+/m0/s1. The summed E-state index contributed by atoms with van der Waals surface area (Å²) < 4.78 is 18.7. The van der Waals surface area contributed by atoms with Crippen molar-refractivity contribution >= 4 is 11.8 Å². The van der Waals surface area contributed by atoms with Crippen LogP contribution < -0.4 is 0 Å². The molecule has 3 saturated heterocycles. The van der Waals surface area contributed by atoms with Crippen LogP contribution in [0.15, 0.2) is 34.9 Å². The third-order valence-electron chi connectivity index (χ3n) is 10.6. The zero-order valence-electron chi connectivity index (χ0n) is 21.0. The Balaban J connectivity index is 1.38. The average Bonchev–Trinajstić information content (AvgIpc) is 2.96. The molecule has 2 bridgehead atoms. The van der Waals surface area contributed by atoms with Crippen molar-refractivity contribution in [1.82, 2.24) is 0 Å². The van der Waals surface area contributed by atoms with E-state index in [1.54, 1.807) is 13.0 Å². The first-order valence-electron chi connectivity index (χ1n) is 13.0. The van der Waals surface area contributed by atoms with E-state index in [4.69, 9.17) is 14.2 Å². The number of hydrogen-bond acceptors (Lipinski definition) is 7. The van der Waals surface area contributed by atoms with E-state index >= 15 is 0 Å². The van der Waals surface area contributed by atoms with Crippen LogP contribution in [0.4, 0.5) is 0 Å². The molecule has 7 heteroatoms. The van der Waals surface area contributed by atoms with Crippen LogP contribution in [0.25, 0.3) is 0 Å². The lowest BCUT2D eigenvalue weighted by Crippen LogP contribution is -2.62. The van der Waals surface area contributed by atoms with Gasteiger partial charge < -0.3 is 24.4 Å². The maximum absolute atomic E-state index is 13.2. The number of allylic oxidation sites excluding steroid dienone is 4. The van der Waals surface area contributed by atoms with E-state index in [0.717, 1.165) is 17.6 Å². The van der Waals surface area contributed by atoms with Crippen LogP contribution in [0, 0.1) is 23.2 Å². The highest BCUT2D eigenvalue weighted by Crippen LogP contribution is 2.64. The quantitative estimate of drug-likeness (QED) is 0.434. The van der Waals surface area contributed by atoms with Gasteiger partial charge in [0.15, 0.2) is 17.9 Å². The molecule has 1 spiro atoms. The van der Waals surface area contributed by atoms with Crippen LogP contribution >= 0.6 is 0 Å². The van der Waals surface area contributed by atoms with Crippen molar-refractivity contribution in [2.45, 2.75) is 102 Å². The van der Waals surface area contributed by atoms with Crippen molar-refractivity contribution in [2.75, 3.05) is 0 Å². The average molecular weight is 485 g/mol. The number of aliphatic hydroxyl groups excluding tert-OH is 1. The SMILES string of the molecule is CC1=C(C)C(=O)O[C@@H]([C@]2(C)O[C@H](O)[C@@]34CC[C@H]5[C@@H](CC=C6CC=CC(=O)[C@@]65C)[C@@](O)(CC[C@H]23)O4)C1. The Bertz CT molecular complexity index is 1090. The van der Waals surface area contributed by atoms with Crippen molar-refractivity contribution < 1.29 is 34.0 Å². The number of aliphatic hydroxyl groups is 2. The minimum absolute atomic E-state index is 0.0820. The number of ether oxygens (including phenoxy) is 3. The minimum atomic E-state index is -1.46. The van der Waals surface area contributed by atoms with Gasteiger partial charge in [0.2, 0.25) is 0 Å². The molecular formula is C28H36O7. The Morgan fingerprint density at radius 2 is 1.86 bits per heavy atom. The number of carbonyl (C=O) groups is 2. The Labute approximate surface area is 206 Å². The number of cyclic esters (lactones) is 1. The molecule has 190 valence electrons. The van der Waals surface area contributed by atoms with E-state index in [2.05, 4.69) is 6.08 Å². The Kier molecular flexibility index (Phi) is 4.97. The lowest BCUT2D eigenvalue weighted by atomic mass is 9.55. The topological polar surface area (TPSA) is 102 Å². The van der Waals surface area contributed by atoms with Crippen LogP contribution in [-0.4, -0.2) is 51.3 Å². The molecule has 35 heavy (non-hydrogen) atoms. The summed E-state index contributed by atoms with van der Waals surface area (Å²) in [7, 11) is 0. The van der Waals surface area contributed by atoms with Gasteiger partial charge in [-0.3, -0.25) is 4.79 Å². The molecule has 9 atom stereocenters. The summed E-state index contributed by atoms with van der Waals surface area (Å²) in [5, 5.41) is 23.4. The molecule has 4 heterocycles. The smallest absolute Gasteiger partial charge is 0.334 e. The zero-order valence-corrected chi connectivity index (χ0v) is 21.0. The predicted octanol–water partition coefficient (Wildman–Crippen LogP) is 3.49. The first kappa shape index (κ1) is 23.6. The largest absolute Gasteiger partial charge is 0.456 e. The summed E-state index contributed by atoms with van der Waals surface area (Å²) in [6.07, 6.45) is 7.90. The lowest BCUT2D eigenvalue weighted by molar-refractivity contribution is -0.346. The fourth-order valence-electron chi connectivity index (χ4n) is 8.32. The molecule has 4 aliphatic heterocycles. The van der Waals surface area contributed by atoms with Crippen molar-refractivity contribution in [2.24, 2.45) is 23.2 Å². The third kappa shape index (κ3) is 2.93. The van der Waals surface area contributed by atoms with E-state index in [1.165, 1.54) is 0 Å². The molecule has 0 radical (unpaired) electrons. The second-order valence-electron chi connectivity index (χ2n) is 12.0. The zero-order chi connectivity index (χ0) is 25.0. The number of ketones is 1. The van der Waals surface area contributed by atoms with Gasteiger partial charge in [-0.1, -0.05) is 23.3 Å². The van der Waals surface area contributed by atoms with Crippen molar-refractivity contribution in [3.05, 3.63) is 34.9 Å². The Morgan fingerprint density at radius 3 is 2.60 bits per heavy atom. The summed E-state index contributed by atoms with van der Waals surface area (Å²) in [6.45, 7) is 7.62. The lowest BCUT2D eigenvalue weighted by Gasteiger charge is -2.53. The predicted molar refractivity (Wildman–Crippen MR) is 126 cm³/mol. The van der Waals surface area contributed by atoms with E-state index in [-0.39, 0.29) is 29.5 Å². The van der Waals surface area contributed by atoms with Crippen LogP contribution in [0.5, 0.6) is 0 Å². The second kappa shape index (κ2) is 7.37. The van der Waals surface area contributed by atoms with Crippen LogP contribution in [0.2, 0.25) is 0 Å². The van der Waals surface area contributed by atoms with E-state index in [0.29, 0.717) is 44.1 Å². The molecule has 6 rings (SSSR count). The van der Waals surface area contributed by atoms with Gasteiger partial charge >= 0.3 is 5.97 Å². The van der Waals surface area contributed by atoms with E-state index in [9.17, 15) is 19.8 Å². The first-order chi connectivity index (χ1) is 16.5. The number of rotatable bonds is 1. The molecule has 2 aliphatic carbocycles. The van der Waals surface area contributed by atoms with Crippen LogP contribution in [-0.2, 0) is 23.8 Å². The van der Waals surface area contributed by atoms with Crippen molar-refractivity contribution in [3.63, 3.8) is 0 Å². The van der Waals surface area contributed by atoms with Crippen molar-refractivity contribution in [3.8, 4) is 0 Å². The van der Waals surface area contributed by atoms with Gasteiger partial charge in [0.05, 0.1) is 5.41 Å². The maximum atomic E-state index is 13.2. The Hall–Kier alpha value is -1.80. The molecule has 0 aromatic rings. The van der Waals surface area contributed by atoms with Gasteiger partial charge in [-0.2, -0.15) is 0 Å². The molecule has 0 unspecified atom stereocenters. The minimum Gasteiger partial charge on any atom is -0.456 e. The molecule has 0 amide bonds. The van der Waals surface area contributed by atoms with Gasteiger partial charge in [0.1, 0.15) is 17.3 Å². The fraction of sp³-hybridized carbons (Fsp3) is 0.714. The highest BCUT2D eigenvalue weighted by molar-refractivity contribution is 5.98. The second-order valence-corrected chi connectivity index (χ2v) is 12.0. The molecule has 7 nitrogen and oxygen atoms in total. The van der Waals surface area contributed by atoms with Crippen molar-refractivity contribution in [1.29, 1.82) is 0 Å². The number of fused-ring (bicyclic) bond motifs is 5. The summed E-state index contributed by atoms with van der Waals surface area (Å²) in [4.78, 5) is 25.8. The summed E-state index contributed by atoms with van der Waals surface area (Å²) in [6, 6.07) is 0. The monoisotopic (exact) mass is 484 g/mol. The molecule has 0 aromatic carbocycles. The fourth-order valence-corrected chi connectivity index (χ4v) is 8.32. The van der Waals surface area contributed by atoms with Crippen LogP contribution in [0.1, 0.15) is 72.6 Å². The number of carbonyl (C=O) groups excluding carboxylic acids is 2. The third-order valence-corrected chi connectivity index (χ3v) is 10.6. The van der Waals surface area contributed by atoms with Gasteiger partial charge in [-0.25, -0.2) is 4.79 Å². The van der Waals surface area contributed by atoms with Crippen LogP contribution in [0.3, 0.4) is 0 Å². The number of hydrogen-bond donors (Lipinski definition) is 2. The molecule has 6 aliphatic rings.